The molecule has 2 rings (SSSR count). The Morgan fingerprint density at radius 2 is 2.16 bits per heavy atom. The second kappa shape index (κ2) is 6.29. The summed E-state index contributed by atoms with van der Waals surface area (Å²) < 4.78 is 6.85. The lowest BCUT2D eigenvalue weighted by Gasteiger charge is -2.07. The zero-order valence-electron chi connectivity index (χ0n) is 11.3. The van der Waals surface area contributed by atoms with Crippen LogP contribution >= 0.6 is 0 Å². The first-order valence-corrected chi connectivity index (χ1v) is 6.34. The number of unbranched alkanes of at least 4 members (excludes halogenated alkanes) is 1. The number of benzene rings is 1. The number of tetrazole rings is 1. The fraction of sp³-hybridized carbons (Fsp3) is 0.462. The SMILES string of the molecule is COCCCCn1nnnc1-c1cc(N)ccc1C. The van der Waals surface area contributed by atoms with Crippen molar-refractivity contribution in [3.8, 4) is 11.4 Å². The van der Waals surface area contributed by atoms with Crippen LogP contribution in [0, 0.1) is 6.92 Å². The summed E-state index contributed by atoms with van der Waals surface area (Å²) in [6, 6.07) is 5.77. The molecule has 0 aliphatic carbocycles. The molecule has 1 aromatic heterocycles. The van der Waals surface area contributed by atoms with Gasteiger partial charge in [0.2, 0.25) is 0 Å². The highest BCUT2D eigenvalue weighted by atomic mass is 16.5. The maximum absolute atomic E-state index is 5.83. The molecule has 2 N–H and O–H groups in total. The molecule has 0 atom stereocenters. The van der Waals surface area contributed by atoms with E-state index in [4.69, 9.17) is 10.5 Å². The smallest absolute Gasteiger partial charge is 0.182 e. The van der Waals surface area contributed by atoms with Gasteiger partial charge in [-0.1, -0.05) is 6.07 Å². The van der Waals surface area contributed by atoms with Gasteiger partial charge in [0.25, 0.3) is 0 Å². The van der Waals surface area contributed by atoms with Gasteiger partial charge < -0.3 is 10.5 Å². The molecule has 6 heteroatoms. The Hall–Kier alpha value is -1.95. The first kappa shape index (κ1) is 13.5. The number of hydrogen-bond acceptors (Lipinski definition) is 5. The molecular weight excluding hydrogens is 242 g/mol. The summed E-state index contributed by atoms with van der Waals surface area (Å²) in [4.78, 5) is 0. The third kappa shape index (κ3) is 3.29. The van der Waals surface area contributed by atoms with Crippen molar-refractivity contribution in [2.24, 2.45) is 0 Å². The standard InChI is InChI=1S/C13H19N5O/c1-10-5-6-11(14)9-12(10)13-15-16-17-18(13)7-3-4-8-19-2/h5-6,9H,3-4,7-8,14H2,1-2H3. The van der Waals surface area contributed by atoms with Crippen LogP contribution in [0.25, 0.3) is 11.4 Å². The van der Waals surface area contributed by atoms with Crippen LogP contribution in [0.5, 0.6) is 0 Å². The van der Waals surface area contributed by atoms with Crippen LogP contribution in [0.3, 0.4) is 0 Å². The van der Waals surface area contributed by atoms with Crippen LogP contribution in [0.15, 0.2) is 18.2 Å². The fourth-order valence-electron chi connectivity index (χ4n) is 1.94. The summed E-state index contributed by atoms with van der Waals surface area (Å²) in [5.41, 5.74) is 8.64. The van der Waals surface area contributed by atoms with E-state index in [1.807, 2.05) is 29.8 Å². The normalized spacial score (nSPS) is 10.8. The van der Waals surface area contributed by atoms with E-state index in [-0.39, 0.29) is 0 Å². The van der Waals surface area contributed by atoms with E-state index < -0.39 is 0 Å². The van der Waals surface area contributed by atoms with Gasteiger partial charge in [0, 0.05) is 31.5 Å². The molecule has 0 fully saturated rings. The number of nitrogens with zero attached hydrogens (tertiary/aromatic N) is 4. The Balaban J connectivity index is 2.16. The minimum Gasteiger partial charge on any atom is -0.399 e. The van der Waals surface area contributed by atoms with E-state index in [0.29, 0.717) is 0 Å². The van der Waals surface area contributed by atoms with E-state index in [9.17, 15) is 0 Å². The van der Waals surface area contributed by atoms with Gasteiger partial charge in [0.1, 0.15) is 0 Å². The number of methoxy groups -OCH3 is 1. The number of hydrogen-bond donors (Lipinski definition) is 1. The minimum atomic E-state index is 0.717. The van der Waals surface area contributed by atoms with E-state index in [0.717, 1.165) is 48.6 Å². The Labute approximate surface area is 112 Å². The molecule has 0 bridgehead atoms. The summed E-state index contributed by atoms with van der Waals surface area (Å²) in [6.45, 7) is 3.56. The lowest BCUT2D eigenvalue weighted by atomic mass is 10.1. The fourth-order valence-corrected chi connectivity index (χ4v) is 1.94. The molecule has 0 amide bonds. The maximum atomic E-state index is 5.83. The molecule has 0 aliphatic rings. The molecule has 6 nitrogen and oxygen atoms in total. The Morgan fingerprint density at radius 1 is 1.32 bits per heavy atom. The molecule has 0 aliphatic heterocycles. The second-order valence-electron chi connectivity index (χ2n) is 4.50. The van der Waals surface area contributed by atoms with E-state index in [2.05, 4.69) is 15.5 Å². The Bertz CT molecular complexity index is 538. The Kier molecular flexibility index (Phi) is 4.46. The summed E-state index contributed by atoms with van der Waals surface area (Å²) >= 11 is 0. The number of rotatable bonds is 6. The van der Waals surface area contributed by atoms with Crippen LogP contribution in [0.1, 0.15) is 18.4 Å². The molecule has 19 heavy (non-hydrogen) atoms. The Morgan fingerprint density at radius 3 is 2.95 bits per heavy atom. The highest BCUT2D eigenvalue weighted by Gasteiger charge is 2.11. The number of aromatic nitrogens is 4. The molecule has 1 heterocycles. The maximum Gasteiger partial charge on any atom is 0.182 e. The molecule has 1 aromatic carbocycles. The summed E-state index contributed by atoms with van der Waals surface area (Å²) in [5, 5.41) is 11.9. The molecule has 0 saturated carbocycles. The van der Waals surface area contributed by atoms with Gasteiger partial charge in [-0.2, -0.15) is 0 Å². The first-order chi connectivity index (χ1) is 9.22. The number of ether oxygens (including phenoxy) is 1. The van der Waals surface area contributed by atoms with Gasteiger partial charge in [-0.25, -0.2) is 4.68 Å². The molecule has 0 radical (unpaired) electrons. The third-order valence-corrected chi connectivity index (χ3v) is 3.00. The molecule has 0 spiro atoms. The molecule has 0 unspecified atom stereocenters. The van der Waals surface area contributed by atoms with E-state index >= 15 is 0 Å². The number of aryl methyl sites for hydroxylation is 2. The molecule has 102 valence electrons. The zero-order valence-corrected chi connectivity index (χ0v) is 11.3. The van der Waals surface area contributed by atoms with Gasteiger partial charge >= 0.3 is 0 Å². The summed E-state index contributed by atoms with van der Waals surface area (Å²) in [7, 11) is 1.71. The quantitative estimate of drug-likeness (QED) is 0.632. The average Bonchev–Trinajstić information content (AvgIpc) is 2.86. The third-order valence-electron chi connectivity index (χ3n) is 3.00. The van der Waals surface area contributed by atoms with Crippen LogP contribution in [-0.2, 0) is 11.3 Å². The lowest BCUT2D eigenvalue weighted by Crippen LogP contribution is -2.05. The highest BCUT2D eigenvalue weighted by Crippen LogP contribution is 2.23. The van der Waals surface area contributed by atoms with E-state index in [1.165, 1.54) is 0 Å². The summed E-state index contributed by atoms with van der Waals surface area (Å²) in [6.07, 6.45) is 1.97. The van der Waals surface area contributed by atoms with Crippen molar-refractivity contribution in [3.05, 3.63) is 23.8 Å². The van der Waals surface area contributed by atoms with Crippen LogP contribution < -0.4 is 5.73 Å². The monoisotopic (exact) mass is 261 g/mol. The van der Waals surface area contributed by atoms with Crippen molar-refractivity contribution in [1.82, 2.24) is 20.2 Å². The lowest BCUT2D eigenvalue weighted by molar-refractivity contribution is 0.191. The molecular formula is C13H19N5O. The van der Waals surface area contributed by atoms with E-state index in [1.54, 1.807) is 7.11 Å². The van der Waals surface area contributed by atoms with Crippen molar-refractivity contribution in [2.75, 3.05) is 19.5 Å². The topological polar surface area (TPSA) is 78.8 Å². The first-order valence-electron chi connectivity index (χ1n) is 6.34. The van der Waals surface area contributed by atoms with Crippen molar-refractivity contribution in [3.63, 3.8) is 0 Å². The number of nitrogen functional groups attached to an aromatic ring is 1. The van der Waals surface area contributed by atoms with Gasteiger partial charge in [0.15, 0.2) is 5.82 Å². The average molecular weight is 261 g/mol. The largest absolute Gasteiger partial charge is 0.399 e. The zero-order chi connectivity index (χ0) is 13.7. The number of nitrogens with two attached hydrogens (primary N) is 1. The minimum absolute atomic E-state index is 0.717. The van der Waals surface area contributed by atoms with Crippen LogP contribution in [0.2, 0.25) is 0 Å². The van der Waals surface area contributed by atoms with Gasteiger partial charge in [-0.05, 0) is 47.9 Å². The van der Waals surface area contributed by atoms with Crippen LogP contribution in [-0.4, -0.2) is 33.9 Å². The van der Waals surface area contributed by atoms with Crippen molar-refractivity contribution >= 4 is 5.69 Å². The van der Waals surface area contributed by atoms with Crippen molar-refractivity contribution < 1.29 is 4.74 Å². The van der Waals surface area contributed by atoms with Gasteiger partial charge in [0.05, 0.1) is 0 Å². The summed E-state index contributed by atoms with van der Waals surface area (Å²) in [5.74, 6) is 0.766. The molecule has 2 aromatic rings. The highest BCUT2D eigenvalue weighted by molar-refractivity contribution is 5.65. The predicted octanol–water partition coefficient (Wildman–Crippen LogP) is 1.66. The van der Waals surface area contributed by atoms with Crippen molar-refractivity contribution in [2.45, 2.75) is 26.3 Å². The second-order valence-corrected chi connectivity index (χ2v) is 4.50. The number of anilines is 1. The predicted molar refractivity (Wildman–Crippen MR) is 73.5 cm³/mol. The van der Waals surface area contributed by atoms with Gasteiger partial charge in [-0.15, -0.1) is 5.10 Å². The molecule has 0 saturated heterocycles. The van der Waals surface area contributed by atoms with Crippen molar-refractivity contribution in [1.29, 1.82) is 0 Å². The van der Waals surface area contributed by atoms with Gasteiger partial charge in [-0.3, -0.25) is 0 Å². The van der Waals surface area contributed by atoms with Crippen LogP contribution in [0.4, 0.5) is 5.69 Å².